The van der Waals surface area contributed by atoms with Crippen LogP contribution in [0.15, 0.2) is 63.1 Å². The number of aromatic nitrogens is 1. The van der Waals surface area contributed by atoms with Crippen molar-refractivity contribution < 1.29 is 16.8 Å². The van der Waals surface area contributed by atoms with Crippen molar-refractivity contribution in [3.63, 3.8) is 0 Å². The Hall–Kier alpha value is -2.05. The zero-order chi connectivity index (χ0) is 20.8. The molecular weight excluding hydrogens is 434 g/mol. The van der Waals surface area contributed by atoms with E-state index in [0.717, 1.165) is 11.3 Å². The van der Waals surface area contributed by atoms with E-state index in [1.165, 1.54) is 37.4 Å². The number of benzene rings is 2. The van der Waals surface area contributed by atoms with E-state index in [9.17, 15) is 21.6 Å². The molecule has 8 nitrogen and oxygen atoms in total. The van der Waals surface area contributed by atoms with Crippen molar-refractivity contribution in [2.24, 2.45) is 7.05 Å². The number of hydrogen-bond acceptors (Lipinski definition) is 6. The van der Waals surface area contributed by atoms with Gasteiger partial charge >= 0.3 is 4.87 Å². The van der Waals surface area contributed by atoms with Crippen LogP contribution in [-0.2, 0) is 27.1 Å². The maximum Gasteiger partial charge on any atom is 0.307 e. The molecule has 0 N–H and O–H groups in total. The average Bonchev–Trinajstić information content (AvgIpc) is 3.02. The van der Waals surface area contributed by atoms with E-state index >= 15 is 0 Å². The third-order valence-electron chi connectivity index (χ3n) is 4.98. The van der Waals surface area contributed by atoms with Crippen LogP contribution in [0.3, 0.4) is 0 Å². The Morgan fingerprint density at radius 2 is 1.34 bits per heavy atom. The van der Waals surface area contributed by atoms with Gasteiger partial charge in [0.25, 0.3) is 0 Å². The Bertz CT molecular complexity index is 1320. The quantitative estimate of drug-likeness (QED) is 0.593. The van der Waals surface area contributed by atoms with Crippen molar-refractivity contribution >= 4 is 41.6 Å². The SMILES string of the molecule is Cn1c(=O)sc2cc(S(=O)(=O)N3CCN(S(=O)(=O)c4ccccc4)CC3)ccc21. The number of fused-ring (bicyclic) bond motifs is 1. The molecule has 0 amide bonds. The molecule has 0 atom stereocenters. The van der Waals surface area contributed by atoms with Crippen molar-refractivity contribution in [3.05, 3.63) is 58.2 Å². The largest absolute Gasteiger partial charge is 0.307 e. The number of sulfonamides is 2. The summed E-state index contributed by atoms with van der Waals surface area (Å²) in [5.41, 5.74) is 0.678. The summed E-state index contributed by atoms with van der Waals surface area (Å²) in [6.07, 6.45) is 0. The van der Waals surface area contributed by atoms with E-state index in [1.54, 1.807) is 31.3 Å². The second-order valence-electron chi connectivity index (χ2n) is 6.68. The Kier molecular flexibility index (Phi) is 5.11. The predicted octanol–water partition coefficient (Wildman–Crippen LogP) is 1.30. The first-order valence-corrected chi connectivity index (χ1v) is 12.6. The van der Waals surface area contributed by atoms with Gasteiger partial charge in [0.2, 0.25) is 20.0 Å². The first-order chi connectivity index (χ1) is 13.7. The summed E-state index contributed by atoms with van der Waals surface area (Å²) in [6.45, 7) is 0.295. The van der Waals surface area contributed by atoms with Gasteiger partial charge in [0.1, 0.15) is 0 Å². The van der Waals surface area contributed by atoms with Gasteiger partial charge in [0.05, 0.1) is 20.0 Å². The van der Waals surface area contributed by atoms with Crippen LogP contribution in [0.2, 0.25) is 0 Å². The second kappa shape index (κ2) is 7.33. The van der Waals surface area contributed by atoms with Gasteiger partial charge in [0.15, 0.2) is 0 Å². The molecule has 29 heavy (non-hydrogen) atoms. The third-order valence-corrected chi connectivity index (χ3v) is 9.78. The van der Waals surface area contributed by atoms with Gasteiger partial charge in [0, 0.05) is 33.2 Å². The molecule has 0 saturated carbocycles. The van der Waals surface area contributed by atoms with E-state index in [4.69, 9.17) is 0 Å². The molecule has 0 bridgehead atoms. The Morgan fingerprint density at radius 1 is 0.793 bits per heavy atom. The van der Waals surface area contributed by atoms with E-state index in [0.29, 0.717) is 10.2 Å². The number of piperazine rings is 1. The molecule has 3 aromatic rings. The van der Waals surface area contributed by atoms with Gasteiger partial charge in [-0.05, 0) is 30.3 Å². The molecule has 4 rings (SSSR count). The molecule has 0 aliphatic carbocycles. The highest BCUT2D eigenvalue weighted by atomic mass is 32.2. The molecule has 0 radical (unpaired) electrons. The van der Waals surface area contributed by atoms with Crippen LogP contribution in [0.1, 0.15) is 0 Å². The van der Waals surface area contributed by atoms with Gasteiger partial charge in [-0.3, -0.25) is 4.79 Å². The molecule has 1 fully saturated rings. The molecule has 0 spiro atoms. The fourth-order valence-corrected chi connectivity index (χ4v) is 7.20. The Labute approximate surface area is 172 Å². The fourth-order valence-electron chi connectivity index (χ4n) is 3.32. The lowest BCUT2D eigenvalue weighted by molar-refractivity contribution is 0.273. The summed E-state index contributed by atoms with van der Waals surface area (Å²) < 4.78 is 56.2. The number of aryl methyl sites for hydroxylation is 1. The molecular formula is C18H19N3O5S3. The van der Waals surface area contributed by atoms with Gasteiger partial charge in [-0.2, -0.15) is 8.61 Å². The van der Waals surface area contributed by atoms with Gasteiger partial charge in [-0.1, -0.05) is 29.5 Å². The number of nitrogens with zero attached hydrogens (tertiary/aromatic N) is 3. The van der Waals surface area contributed by atoms with Gasteiger partial charge < -0.3 is 4.57 Å². The lowest BCUT2D eigenvalue weighted by Crippen LogP contribution is -2.50. The lowest BCUT2D eigenvalue weighted by Gasteiger charge is -2.33. The zero-order valence-electron chi connectivity index (χ0n) is 15.6. The molecule has 11 heteroatoms. The number of rotatable bonds is 4. The summed E-state index contributed by atoms with van der Waals surface area (Å²) in [7, 11) is -5.79. The summed E-state index contributed by atoms with van der Waals surface area (Å²) >= 11 is 0.994. The first kappa shape index (κ1) is 20.2. The number of thiazole rings is 1. The predicted molar refractivity (Wildman–Crippen MR) is 111 cm³/mol. The van der Waals surface area contributed by atoms with Crippen LogP contribution in [0.4, 0.5) is 0 Å². The maximum atomic E-state index is 13.0. The maximum absolute atomic E-state index is 13.0. The Balaban J connectivity index is 1.55. The van der Waals surface area contributed by atoms with Gasteiger partial charge in [-0.25, -0.2) is 16.8 Å². The van der Waals surface area contributed by atoms with Crippen molar-refractivity contribution in [1.82, 2.24) is 13.2 Å². The van der Waals surface area contributed by atoms with Crippen LogP contribution >= 0.6 is 11.3 Å². The summed E-state index contributed by atoms with van der Waals surface area (Å²) in [5, 5.41) is 0. The van der Waals surface area contributed by atoms with Crippen LogP contribution in [-0.4, -0.2) is 56.2 Å². The molecule has 2 heterocycles. The lowest BCUT2D eigenvalue weighted by atomic mass is 10.3. The molecule has 1 aliphatic heterocycles. The van der Waals surface area contributed by atoms with Crippen LogP contribution < -0.4 is 4.87 Å². The first-order valence-electron chi connectivity index (χ1n) is 8.86. The Morgan fingerprint density at radius 3 is 1.93 bits per heavy atom. The van der Waals surface area contributed by atoms with Crippen molar-refractivity contribution in [2.75, 3.05) is 26.2 Å². The highest BCUT2D eigenvalue weighted by Crippen LogP contribution is 2.25. The highest BCUT2D eigenvalue weighted by Gasteiger charge is 2.33. The van der Waals surface area contributed by atoms with Gasteiger partial charge in [-0.15, -0.1) is 0 Å². The molecule has 1 aromatic heterocycles. The van der Waals surface area contributed by atoms with E-state index in [1.807, 2.05) is 0 Å². The summed E-state index contributed by atoms with van der Waals surface area (Å²) in [5.74, 6) is 0. The minimum absolute atomic E-state index is 0.0669. The molecule has 0 unspecified atom stereocenters. The van der Waals surface area contributed by atoms with E-state index in [-0.39, 0.29) is 40.8 Å². The molecule has 1 aliphatic rings. The topological polar surface area (TPSA) is 96.8 Å². The minimum atomic E-state index is -3.78. The average molecular weight is 454 g/mol. The highest BCUT2D eigenvalue weighted by molar-refractivity contribution is 7.89. The third kappa shape index (κ3) is 3.53. The zero-order valence-corrected chi connectivity index (χ0v) is 18.0. The smallest absolute Gasteiger partial charge is 0.302 e. The van der Waals surface area contributed by atoms with E-state index in [2.05, 4.69) is 0 Å². The molecule has 154 valence electrons. The van der Waals surface area contributed by atoms with E-state index < -0.39 is 20.0 Å². The second-order valence-corrected chi connectivity index (χ2v) is 11.5. The minimum Gasteiger partial charge on any atom is -0.302 e. The van der Waals surface area contributed by atoms with Crippen LogP contribution in [0.5, 0.6) is 0 Å². The normalized spacial score (nSPS) is 17.0. The van der Waals surface area contributed by atoms with Crippen molar-refractivity contribution in [2.45, 2.75) is 9.79 Å². The summed E-state index contributed by atoms with van der Waals surface area (Å²) in [6, 6.07) is 12.7. The molecule has 2 aromatic carbocycles. The standard InChI is InChI=1S/C18H19N3O5S3/c1-19-16-8-7-15(13-17(16)27-18(19)22)29(25,26)21-11-9-20(10-12-21)28(23,24)14-5-3-2-4-6-14/h2-8,13H,9-12H2,1H3. The fraction of sp³-hybridized carbons (Fsp3) is 0.278. The monoisotopic (exact) mass is 453 g/mol. The van der Waals surface area contributed by atoms with Crippen LogP contribution in [0.25, 0.3) is 10.2 Å². The van der Waals surface area contributed by atoms with Crippen molar-refractivity contribution in [1.29, 1.82) is 0 Å². The van der Waals surface area contributed by atoms with Crippen molar-refractivity contribution in [3.8, 4) is 0 Å². The molecule has 1 saturated heterocycles. The summed E-state index contributed by atoms with van der Waals surface area (Å²) in [4.78, 5) is 11.9. The number of hydrogen-bond donors (Lipinski definition) is 0. The van der Waals surface area contributed by atoms with Crippen LogP contribution in [0, 0.1) is 0 Å².